The van der Waals surface area contributed by atoms with Crippen molar-refractivity contribution in [1.82, 2.24) is 0 Å². The summed E-state index contributed by atoms with van der Waals surface area (Å²) in [5, 5.41) is 0. The van der Waals surface area contributed by atoms with E-state index in [9.17, 15) is 0 Å². The Hall–Kier alpha value is -0.780. The maximum Gasteiger partial charge on any atom is -0.0164 e. The minimum atomic E-state index is 0.740. The van der Waals surface area contributed by atoms with E-state index in [2.05, 4.69) is 52.8 Å². The third-order valence-electron chi connectivity index (χ3n) is 4.27. The van der Waals surface area contributed by atoms with Crippen LogP contribution in [0, 0.1) is 6.92 Å². The molecular formula is C17H28. The fourth-order valence-corrected chi connectivity index (χ4v) is 3.01. The summed E-state index contributed by atoms with van der Waals surface area (Å²) in [6.45, 7) is 11.5. The molecule has 0 heterocycles. The maximum absolute atomic E-state index is 2.33. The molecule has 0 heteroatoms. The van der Waals surface area contributed by atoms with Crippen molar-refractivity contribution < 1.29 is 0 Å². The molecule has 0 bridgehead atoms. The highest BCUT2D eigenvalue weighted by Gasteiger charge is 2.15. The van der Waals surface area contributed by atoms with E-state index in [0.29, 0.717) is 0 Å². The molecule has 0 fully saturated rings. The van der Waals surface area contributed by atoms with E-state index >= 15 is 0 Å². The summed E-state index contributed by atoms with van der Waals surface area (Å²) in [5.74, 6) is 1.48. The number of rotatable bonds is 6. The Kier molecular flexibility index (Phi) is 5.74. The van der Waals surface area contributed by atoms with Crippen LogP contribution in [0.1, 0.15) is 81.9 Å². The van der Waals surface area contributed by atoms with Crippen LogP contribution in [0.25, 0.3) is 0 Å². The molecule has 0 aromatic heterocycles. The number of hydrogen-bond donors (Lipinski definition) is 0. The van der Waals surface area contributed by atoms with Crippen LogP contribution in [0.4, 0.5) is 0 Å². The van der Waals surface area contributed by atoms with Crippen molar-refractivity contribution in [3.05, 3.63) is 34.9 Å². The topological polar surface area (TPSA) is 0 Å². The Morgan fingerprint density at radius 1 is 0.765 bits per heavy atom. The molecule has 1 aromatic carbocycles. The lowest BCUT2D eigenvalue weighted by atomic mass is 9.83. The van der Waals surface area contributed by atoms with E-state index in [1.54, 1.807) is 16.7 Å². The first-order valence-corrected chi connectivity index (χ1v) is 7.28. The summed E-state index contributed by atoms with van der Waals surface area (Å²) < 4.78 is 0. The lowest BCUT2D eigenvalue weighted by molar-refractivity contribution is 0.617. The molecule has 0 aliphatic rings. The van der Waals surface area contributed by atoms with E-state index in [1.807, 2.05) is 0 Å². The number of benzene rings is 1. The molecule has 0 aliphatic heterocycles. The lowest BCUT2D eigenvalue weighted by Gasteiger charge is -2.22. The van der Waals surface area contributed by atoms with Crippen molar-refractivity contribution in [3.8, 4) is 0 Å². The smallest absolute Gasteiger partial charge is 0.0164 e. The zero-order valence-corrected chi connectivity index (χ0v) is 12.2. The van der Waals surface area contributed by atoms with E-state index in [-0.39, 0.29) is 0 Å². The predicted molar refractivity (Wildman–Crippen MR) is 77.8 cm³/mol. The molecule has 0 amide bonds. The Bertz CT molecular complexity index is 300. The Morgan fingerprint density at radius 2 is 1.12 bits per heavy atom. The fourth-order valence-electron chi connectivity index (χ4n) is 3.01. The van der Waals surface area contributed by atoms with Gasteiger partial charge in [0.2, 0.25) is 0 Å². The Morgan fingerprint density at radius 3 is 1.41 bits per heavy atom. The number of hydrogen-bond acceptors (Lipinski definition) is 0. The van der Waals surface area contributed by atoms with Crippen LogP contribution in [0.15, 0.2) is 18.2 Å². The molecule has 0 spiro atoms. The average molecular weight is 232 g/mol. The zero-order valence-electron chi connectivity index (χ0n) is 12.2. The van der Waals surface area contributed by atoms with E-state index in [0.717, 1.165) is 11.8 Å². The highest BCUT2D eigenvalue weighted by molar-refractivity contribution is 5.38. The van der Waals surface area contributed by atoms with Crippen molar-refractivity contribution in [2.75, 3.05) is 0 Å². The first-order valence-electron chi connectivity index (χ1n) is 7.28. The second kappa shape index (κ2) is 6.83. The van der Waals surface area contributed by atoms with Crippen molar-refractivity contribution in [2.45, 2.75) is 72.1 Å². The SMILES string of the molecule is CCC(CC)c1cccc(C(CC)CC)c1C. The van der Waals surface area contributed by atoms with Crippen LogP contribution in [-0.2, 0) is 0 Å². The molecule has 0 nitrogen and oxygen atoms in total. The molecule has 0 radical (unpaired) electrons. The van der Waals surface area contributed by atoms with Crippen molar-refractivity contribution in [1.29, 1.82) is 0 Å². The third kappa shape index (κ3) is 3.12. The standard InChI is InChI=1S/C17H28/c1-6-14(7-2)16-11-10-12-17(13(16)5)15(8-3)9-4/h10-12,14-15H,6-9H2,1-5H3. The summed E-state index contributed by atoms with van der Waals surface area (Å²) >= 11 is 0. The van der Waals surface area contributed by atoms with Crippen LogP contribution in [0.3, 0.4) is 0 Å². The molecule has 0 saturated carbocycles. The second-order valence-corrected chi connectivity index (χ2v) is 5.09. The van der Waals surface area contributed by atoms with Gasteiger partial charge in [0, 0.05) is 0 Å². The molecule has 1 rings (SSSR count). The zero-order chi connectivity index (χ0) is 12.8. The summed E-state index contributed by atoms with van der Waals surface area (Å²) in [6, 6.07) is 6.92. The fraction of sp³-hybridized carbons (Fsp3) is 0.647. The maximum atomic E-state index is 2.33. The van der Waals surface area contributed by atoms with Gasteiger partial charge in [-0.05, 0) is 61.1 Å². The van der Waals surface area contributed by atoms with Gasteiger partial charge in [-0.3, -0.25) is 0 Å². The van der Waals surface area contributed by atoms with Gasteiger partial charge in [0.05, 0.1) is 0 Å². The summed E-state index contributed by atoms with van der Waals surface area (Å²) in [5.41, 5.74) is 4.72. The van der Waals surface area contributed by atoms with Crippen LogP contribution >= 0.6 is 0 Å². The molecule has 0 N–H and O–H groups in total. The van der Waals surface area contributed by atoms with Gasteiger partial charge < -0.3 is 0 Å². The first kappa shape index (κ1) is 14.3. The Balaban J connectivity index is 3.14. The highest BCUT2D eigenvalue weighted by Crippen LogP contribution is 2.33. The molecule has 0 saturated heterocycles. The summed E-state index contributed by atoms with van der Waals surface area (Å²) in [4.78, 5) is 0. The molecule has 0 unspecified atom stereocenters. The van der Waals surface area contributed by atoms with E-state index in [4.69, 9.17) is 0 Å². The molecule has 0 atom stereocenters. The van der Waals surface area contributed by atoms with Gasteiger partial charge in [-0.25, -0.2) is 0 Å². The minimum Gasteiger partial charge on any atom is -0.0648 e. The van der Waals surface area contributed by atoms with Gasteiger partial charge in [-0.2, -0.15) is 0 Å². The molecule has 96 valence electrons. The van der Waals surface area contributed by atoms with Gasteiger partial charge in [0.1, 0.15) is 0 Å². The minimum absolute atomic E-state index is 0.740. The van der Waals surface area contributed by atoms with Gasteiger partial charge in [0.25, 0.3) is 0 Å². The monoisotopic (exact) mass is 232 g/mol. The van der Waals surface area contributed by atoms with E-state index in [1.165, 1.54) is 25.7 Å². The van der Waals surface area contributed by atoms with Gasteiger partial charge in [-0.15, -0.1) is 0 Å². The highest BCUT2D eigenvalue weighted by atomic mass is 14.2. The molecule has 17 heavy (non-hydrogen) atoms. The van der Waals surface area contributed by atoms with E-state index < -0.39 is 0 Å². The van der Waals surface area contributed by atoms with Crippen LogP contribution in [0.5, 0.6) is 0 Å². The predicted octanol–water partition coefficient (Wildman–Crippen LogP) is 5.80. The summed E-state index contributed by atoms with van der Waals surface area (Å²) in [7, 11) is 0. The largest absolute Gasteiger partial charge is 0.0648 e. The Labute approximate surface area is 107 Å². The molecule has 0 aliphatic carbocycles. The van der Waals surface area contributed by atoms with Crippen LogP contribution in [-0.4, -0.2) is 0 Å². The first-order chi connectivity index (χ1) is 8.19. The van der Waals surface area contributed by atoms with Crippen LogP contribution < -0.4 is 0 Å². The van der Waals surface area contributed by atoms with Gasteiger partial charge in [0.15, 0.2) is 0 Å². The van der Waals surface area contributed by atoms with Crippen molar-refractivity contribution in [2.24, 2.45) is 0 Å². The molecule has 1 aromatic rings. The summed E-state index contributed by atoms with van der Waals surface area (Å²) in [6.07, 6.45) is 5.01. The van der Waals surface area contributed by atoms with Gasteiger partial charge >= 0.3 is 0 Å². The normalized spacial score (nSPS) is 11.5. The quantitative estimate of drug-likeness (QED) is 0.581. The third-order valence-corrected chi connectivity index (χ3v) is 4.27. The average Bonchev–Trinajstić information content (AvgIpc) is 2.36. The second-order valence-electron chi connectivity index (χ2n) is 5.09. The molecular weight excluding hydrogens is 204 g/mol. The van der Waals surface area contributed by atoms with Crippen molar-refractivity contribution >= 4 is 0 Å². The van der Waals surface area contributed by atoms with Crippen molar-refractivity contribution in [3.63, 3.8) is 0 Å². The lowest BCUT2D eigenvalue weighted by Crippen LogP contribution is -2.05. The van der Waals surface area contributed by atoms with Crippen LogP contribution in [0.2, 0.25) is 0 Å². The van der Waals surface area contributed by atoms with Gasteiger partial charge in [-0.1, -0.05) is 45.9 Å².